The van der Waals surface area contributed by atoms with Crippen molar-refractivity contribution in [2.24, 2.45) is 0 Å². The number of carbonyl (C=O) groups excluding carboxylic acids is 2. The summed E-state index contributed by atoms with van der Waals surface area (Å²) in [6.07, 6.45) is 3.00. The summed E-state index contributed by atoms with van der Waals surface area (Å²) in [6, 6.07) is 9.61. The van der Waals surface area contributed by atoms with E-state index in [1.165, 1.54) is 0 Å². The number of hydrogen-bond acceptors (Lipinski definition) is 5. The van der Waals surface area contributed by atoms with E-state index in [0.717, 1.165) is 41.8 Å². The van der Waals surface area contributed by atoms with Crippen LogP contribution >= 0.6 is 11.6 Å². The Morgan fingerprint density at radius 2 is 1.94 bits per heavy atom. The van der Waals surface area contributed by atoms with Crippen LogP contribution in [-0.2, 0) is 27.3 Å². The molecule has 0 saturated carbocycles. The highest BCUT2D eigenvalue weighted by atomic mass is 35.5. The number of anilines is 1. The number of nitrogens with one attached hydrogen (secondary N) is 1. The van der Waals surface area contributed by atoms with E-state index in [0.29, 0.717) is 29.6 Å². The topological polar surface area (TPSA) is 86.1 Å². The summed E-state index contributed by atoms with van der Waals surface area (Å²) in [5.74, 6) is 0.301. The number of esters is 1. The molecule has 0 aliphatic rings. The fourth-order valence-electron chi connectivity index (χ4n) is 3.46. The van der Waals surface area contributed by atoms with Crippen molar-refractivity contribution in [3.8, 4) is 0 Å². The molecule has 7 nitrogen and oxygen atoms in total. The Hall–Kier alpha value is -2.93. The van der Waals surface area contributed by atoms with E-state index < -0.39 is 0 Å². The van der Waals surface area contributed by atoms with E-state index >= 15 is 0 Å². The number of halogens is 1. The Kier molecular flexibility index (Phi) is 8.22. The highest BCUT2D eigenvalue weighted by Crippen LogP contribution is 2.25. The van der Waals surface area contributed by atoms with Gasteiger partial charge in [-0.05, 0) is 38.0 Å². The molecule has 2 heterocycles. The van der Waals surface area contributed by atoms with Gasteiger partial charge in [0.25, 0.3) is 0 Å². The molecule has 0 saturated heterocycles. The lowest BCUT2D eigenvalue weighted by Crippen LogP contribution is -2.15. The molecular weight excluding hydrogens is 428 g/mol. The van der Waals surface area contributed by atoms with Crippen LogP contribution < -0.4 is 5.32 Å². The van der Waals surface area contributed by atoms with Gasteiger partial charge in [0, 0.05) is 17.9 Å². The number of aromatic nitrogens is 3. The van der Waals surface area contributed by atoms with Crippen molar-refractivity contribution >= 4 is 40.3 Å². The van der Waals surface area contributed by atoms with Crippen molar-refractivity contribution in [3.63, 3.8) is 0 Å². The van der Waals surface area contributed by atoms with Crippen LogP contribution in [0.5, 0.6) is 0 Å². The molecule has 0 fully saturated rings. The third-order valence-electron chi connectivity index (χ3n) is 5.17. The number of carbonyl (C=O) groups is 2. The lowest BCUT2D eigenvalue weighted by atomic mass is 10.2. The number of rotatable bonds is 10. The number of imidazole rings is 1. The first-order valence-electron chi connectivity index (χ1n) is 11.0. The second-order valence-corrected chi connectivity index (χ2v) is 8.03. The molecule has 170 valence electrons. The van der Waals surface area contributed by atoms with E-state index in [1.54, 1.807) is 6.92 Å². The summed E-state index contributed by atoms with van der Waals surface area (Å²) >= 11 is 6.40. The largest absolute Gasteiger partial charge is 0.466 e. The van der Waals surface area contributed by atoms with Gasteiger partial charge in [0.15, 0.2) is 5.65 Å². The SMILES string of the molecule is CCCCc1nc2cc(NC(=O)CCC(=O)OCC)c(C)nc2n1Cc1ccccc1Cl. The number of nitrogens with zero attached hydrogens (tertiary/aromatic N) is 3. The van der Waals surface area contributed by atoms with Crippen molar-refractivity contribution < 1.29 is 14.3 Å². The van der Waals surface area contributed by atoms with Gasteiger partial charge in [0.05, 0.1) is 31.0 Å². The van der Waals surface area contributed by atoms with Gasteiger partial charge < -0.3 is 14.6 Å². The van der Waals surface area contributed by atoms with Crippen LogP contribution in [0.1, 0.15) is 56.6 Å². The monoisotopic (exact) mass is 456 g/mol. The number of unbranched alkanes of at least 4 members (excludes halogenated alkanes) is 1. The summed E-state index contributed by atoms with van der Waals surface area (Å²) < 4.78 is 6.98. The maximum absolute atomic E-state index is 12.3. The molecule has 2 aromatic heterocycles. The second-order valence-electron chi connectivity index (χ2n) is 7.63. The molecule has 0 bridgehead atoms. The first-order valence-corrected chi connectivity index (χ1v) is 11.4. The first kappa shape index (κ1) is 23.7. The molecule has 0 radical (unpaired) electrons. The molecule has 3 aromatic rings. The smallest absolute Gasteiger partial charge is 0.306 e. The van der Waals surface area contributed by atoms with Crippen LogP contribution in [0.4, 0.5) is 5.69 Å². The van der Waals surface area contributed by atoms with Crippen molar-refractivity contribution in [3.05, 3.63) is 52.4 Å². The third-order valence-corrected chi connectivity index (χ3v) is 5.53. The number of pyridine rings is 1. The lowest BCUT2D eigenvalue weighted by molar-refractivity contribution is -0.144. The van der Waals surface area contributed by atoms with Gasteiger partial charge in [0.1, 0.15) is 11.3 Å². The summed E-state index contributed by atoms with van der Waals surface area (Å²) in [4.78, 5) is 33.4. The summed E-state index contributed by atoms with van der Waals surface area (Å²) in [7, 11) is 0. The van der Waals surface area contributed by atoms with Crippen molar-refractivity contribution in [2.75, 3.05) is 11.9 Å². The maximum atomic E-state index is 12.3. The molecule has 0 spiro atoms. The van der Waals surface area contributed by atoms with E-state index in [4.69, 9.17) is 26.3 Å². The highest BCUT2D eigenvalue weighted by molar-refractivity contribution is 6.31. The minimum atomic E-state index is -0.383. The highest BCUT2D eigenvalue weighted by Gasteiger charge is 2.17. The van der Waals surface area contributed by atoms with Gasteiger partial charge in [-0.15, -0.1) is 0 Å². The van der Waals surface area contributed by atoms with Crippen molar-refractivity contribution in [2.45, 2.75) is 59.4 Å². The number of aryl methyl sites for hydroxylation is 2. The summed E-state index contributed by atoms with van der Waals surface area (Å²) in [6.45, 7) is 6.61. The number of amides is 1. The molecule has 1 aromatic carbocycles. The van der Waals surface area contributed by atoms with Crippen LogP contribution in [0, 0.1) is 6.92 Å². The number of benzene rings is 1. The van der Waals surface area contributed by atoms with Gasteiger partial charge in [-0.1, -0.05) is 43.1 Å². The van der Waals surface area contributed by atoms with Gasteiger partial charge >= 0.3 is 5.97 Å². The standard InChI is InChI=1S/C24H29ClN4O3/c1-4-6-11-21-27-20-14-19(28-22(30)12-13-23(31)32-5-2)16(3)26-24(20)29(21)15-17-9-7-8-10-18(17)25/h7-10,14H,4-6,11-13,15H2,1-3H3,(H,28,30). The summed E-state index contributed by atoms with van der Waals surface area (Å²) in [5.41, 5.74) is 3.76. The predicted octanol–water partition coefficient (Wildman–Crippen LogP) is 5.07. The first-order chi connectivity index (χ1) is 15.4. The number of hydrogen-bond donors (Lipinski definition) is 1. The minimum absolute atomic E-state index is 0.0437. The summed E-state index contributed by atoms with van der Waals surface area (Å²) in [5, 5.41) is 3.56. The van der Waals surface area contributed by atoms with Crippen LogP contribution in [0.2, 0.25) is 5.02 Å². The molecule has 1 amide bonds. The average Bonchev–Trinajstić information content (AvgIpc) is 3.09. The van der Waals surface area contributed by atoms with E-state index in [2.05, 4.69) is 16.8 Å². The molecule has 32 heavy (non-hydrogen) atoms. The third kappa shape index (κ3) is 5.85. The molecule has 3 rings (SSSR count). The van der Waals surface area contributed by atoms with Gasteiger partial charge in [-0.3, -0.25) is 9.59 Å². The second kappa shape index (κ2) is 11.1. The van der Waals surface area contributed by atoms with Crippen LogP contribution in [-0.4, -0.2) is 33.0 Å². The Morgan fingerprint density at radius 3 is 2.66 bits per heavy atom. The zero-order chi connectivity index (χ0) is 23.1. The normalized spacial score (nSPS) is 11.0. The van der Waals surface area contributed by atoms with Gasteiger partial charge in [-0.25, -0.2) is 9.97 Å². The van der Waals surface area contributed by atoms with Crippen LogP contribution in [0.25, 0.3) is 11.2 Å². The Bertz CT molecular complexity index is 1110. The Morgan fingerprint density at radius 1 is 1.16 bits per heavy atom. The van der Waals surface area contributed by atoms with E-state index in [1.807, 2.05) is 37.3 Å². The van der Waals surface area contributed by atoms with Crippen molar-refractivity contribution in [1.82, 2.24) is 14.5 Å². The molecule has 0 aliphatic carbocycles. The van der Waals surface area contributed by atoms with E-state index in [-0.39, 0.29) is 24.7 Å². The van der Waals surface area contributed by atoms with Crippen LogP contribution in [0.3, 0.4) is 0 Å². The Labute approximate surface area is 193 Å². The lowest BCUT2D eigenvalue weighted by Gasteiger charge is -2.11. The molecule has 0 unspecified atom stereocenters. The fourth-order valence-corrected chi connectivity index (χ4v) is 3.66. The average molecular weight is 457 g/mol. The molecule has 8 heteroatoms. The molecule has 1 N–H and O–H groups in total. The van der Waals surface area contributed by atoms with Gasteiger partial charge in [-0.2, -0.15) is 0 Å². The maximum Gasteiger partial charge on any atom is 0.306 e. The van der Waals surface area contributed by atoms with Gasteiger partial charge in [0.2, 0.25) is 5.91 Å². The Balaban J connectivity index is 1.88. The minimum Gasteiger partial charge on any atom is -0.466 e. The fraction of sp³-hybridized carbons (Fsp3) is 0.417. The quantitative estimate of drug-likeness (QED) is 0.430. The predicted molar refractivity (Wildman–Crippen MR) is 126 cm³/mol. The molecular formula is C24H29ClN4O3. The van der Waals surface area contributed by atoms with Crippen molar-refractivity contribution in [1.29, 1.82) is 0 Å². The van der Waals surface area contributed by atoms with E-state index in [9.17, 15) is 9.59 Å². The zero-order valence-electron chi connectivity index (χ0n) is 18.8. The zero-order valence-corrected chi connectivity index (χ0v) is 19.5. The number of fused-ring (bicyclic) bond motifs is 1. The number of ether oxygens (including phenoxy) is 1. The molecule has 0 aliphatic heterocycles. The molecule has 0 atom stereocenters. The van der Waals surface area contributed by atoms with Crippen LogP contribution in [0.15, 0.2) is 30.3 Å².